The van der Waals surface area contributed by atoms with E-state index in [4.69, 9.17) is 0 Å². The third kappa shape index (κ3) is 2.78. The molecular weight excluding hydrogens is 141 g/mol. The Morgan fingerprint density at radius 1 is 1.45 bits per heavy atom. The lowest BCUT2D eigenvalue weighted by molar-refractivity contribution is 0.415. The summed E-state index contributed by atoms with van der Waals surface area (Å²) >= 11 is 0. The summed E-state index contributed by atoms with van der Waals surface area (Å²) in [5, 5.41) is 3.30. The van der Waals surface area contributed by atoms with Crippen LogP contribution in [0, 0.1) is 5.41 Å². The number of rotatable bonds is 6. The van der Waals surface area contributed by atoms with Crippen molar-refractivity contribution < 1.29 is 4.39 Å². The minimum Gasteiger partial charge on any atom is -0.316 e. The topological polar surface area (TPSA) is 12.0 Å². The lowest BCUT2D eigenvalue weighted by Crippen LogP contribution is -2.24. The molecule has 2 heteroatoms. The molecule has 1 saturated carbocycles. The van der Waals surface area contributed by atoms with Crippen molar-refractivity contribution in [2.45, 2.75) is 32.6 Å². The molecule has 0 aliphatic heterocycles. The van der Waals surface area contributed by atoms with Gasteiger partial charge in [0.05, 0.1) is 6.67 Å². The molecule has 0 amide bonds. The molecule has 0 aromatic rings. The maximum atomic E-state index is 11.7. The second kappa shape index (κ2) is 4.05. The van der Waals surface area contributed by atoms with Crippen LogP contribution in [0.2, 0.25) is 0 Å². The zero-order chi connectivity index (χ0) is 8.16. The molecule has 1 N–H and O–H groups in total. The van der Waals surface area contributed by atoms with Crippen molar-refractivity contribution in [3.05, 3.63) is 0 Å². The molecule has 1 fully saturated rings. The molecule has 0 bridgehead atoms. The molecule has 0 saturated heterocycles. The molecule has 0 aromatic heterocycles. The first kappa shape index (κ1) is 8.98. The molecule has 66 valence electrons. The van der Waals surface area contributed by atoms with Crippen molar-refractivity contribution in [1.82, 2.24) is 5.32 Å². The maximum Gasteiger partial charge on any atom is 0.0906 e. The van der Waals surface area contributed by atoms with Gasteiger partial charge in [-0.05, 0) is 37.6 Å². The van der Waals surface area contributed by atoms with Gasteiger partial charge in [-0.3, -0.25) is 4.39 Å². The minimum absolute atomic E-state index is 0.188. The zero-order valence-electron chi connectivity index (χ0n) is 7.33. The Morgan fingerprint density at radius 2 is 2.18 bits per heavy atom. The van der Waals surface area contributed by atoms with Crippen LogP contribution < -0.4 is 5.32 Å². The van der Waals surface area contributed by atoms with E-state index in [0.717, 1.165) is 13.1 Å². The van der Waals surface area contributed by atoms with Crippen molar-refractivity contribution in [2.75, 3.05) is 19.8 Å². The Balaban J connectivity index is 1.94. The van der Waals surface area contributed by atoms with Crippen LogP contribution in [0.3, 0.4) is 0 Å². The van der Waals surface area contributed by atoms with Crippen molar-refractivity contribution in [3.8, 4) is 0 Å². The lowest BCUT2D eigenvalue weighted by Gasteiger charge is -2.12. The SMILES string of the molecule is CCC1(CNCCCF)CC1. The van der Waals surface area contributed by atoms with Gasteiger partial charge in [0.15, 0.2) is 0 Å². The van der Waals surface area contributed by atoms with Crippen molar-refractivity contribution in [1.29, 1.82) is 0 Å². The van der Waals surface area contributed by atoms with Gasteiger partial charge in [-0.2, -0.15) is 0 Å². The van der Waals surface area contributed by atoms with E-state index in [2.05, 4.69) is 12.2 Å². The van der Waals surface area contributed by atoms with Crippen LogP contribution in [0.1, 0.15) is 32.6 Å². The van der Waals surface area contributed by atoms with Crippen LogP contribution in [-0.2, 0) is 0 Å². The Bertz CT molecular complexity index is 110. The lowest BCUT2D eigenvalue weighted by atomic mass is 10.0. The molecule has 0 atom stereocenters. The van der Waals surface area contributed by atoms with Gasteiger partial charge in [0.1, 0.15) is 0 Å². The predicted octanol–water partition coefficient (Wildman–Crippen LogP) is 2.13. The van der Waals surface area contributed by atoms with Crippen LogP contribution in [0.25, 0.3) is 0 Å². The van der Waals surface area contributed by atoms with Crippen molar-refractivity contribution in [3.63, 3.8) is 0 Å². The van der Waals surface area contributed by atoms with Gasteiger partial charge in [-0.15, -0.1) is 0 Å². The highest BCUT2D eigenvalue weighted by Gasteiger charge is 2.39. The average Bonchev–Trinajstić information content (AvgIpc) is 2.80. The monoisotopic (exact) mass is 159 g/mol. The summed E-state index contributed by atoms with van der Waals surface area (Å²) in [6.45, 7) is 4.00. The Kier molecular flexibility index (Phi) is 3.31. The van der Waals surface area contributed by atoms with E-state index < -0.39 is 0 Å². The zero-order valence-corrected chi connectivity index (χ0v) is 7.33. The van der Waals surface area contributed by atoms with E-state index in [1.807, 2.05) is 0 Å². The first-order chi connectivity index (χ1) is 5.33. The molecule has 0 unspecified atom stereocenters. The van der Waals surface area contributed by atoms with Gasteiger partial charge in [0, 0.05) is 6.54 Å². The van der Waals surface area contributed by atoms with E-state index in [1.165, 1.54) is 19.3 Å². The van der Waals surface area contributed by atoms with Gasteiger partial charge in [-0.25, -0.2) is 0 Å². The highest BCUT2D eigenvalue weighted by Crippen LogP contribution is 2.47. The van der Waals surface area contributed by atoms with Gasteiger partial charge in [0.25, 0.3) is 0 Å². The molecule has 1 aliphatic rings. The summed E-state index contributed by atoms with van der Waals surface area (Å²) < 4.78 is 11.7. The quantitative estimate of drug-likeness (QED) is 0.585. The second-order valence-corrected chi connectivity index (χ2v) is 3.57. The summed E-state index contributed by atoms with van der Waals surface area (Å²) in [5.41, 5.74) is 0.607. The molecule has 0 heterocycles. The van der Waals surface area contributed by atoms with E-state index in [0.29, 0.717) is 11.8 Å². The first-order valence-corrected chi connectivity index (χ1v) is 4.60. The van der Waals surface area contributed by atoms with Gasteiger partial charge in [-0.1, -0.05) is 6.92 Å². The molecule has 1 aliphatic carbocycles. The van der Waals surface area contributed by atoms with Gasteiger partial charge in [0.2, 0.25) is 0 Å². The van der Waals surface area contributed by atoms with Gasteiger partial charge >= 0.3 is 0 Å². The highest BCUT2D eigenvalue weighted by atomic mass is 19.1. The fourth-order valence-corrected chi connectivity index (χ4v) is 1.38. The number of halogens is 1. The van der Waals surface area contributed by atoms with Crippen LogP contribution in [0.5, 0.6) is 0 Å². The smallest absolute Gasteiger partial charge is 0.0906 e. The number of hydrogen-bond acceptors (Lipinski definition) is 1. The molecule has 0 spiro atoms. The van der Waals surface area contributed by atoms with Crippen LogP contribution >= 0.6 is 0 Å². The molecule has 11 heavy (non-hydrogen) atoms. The molecular formula is C9H18FN. The maximum absolute atomic E-state index is 11.7. The standard InChI is InChI=1S/C9H18FN/c1-2-9(4-5-9)8-11-7-3-6-10/h11H,2-8H2,1H3. The summed E-state index contributed by atoms with van der Waals surface area (Å²) in [4.78, 5) is 0. The summed E-state index contributed by atoms with van der Waals surface area (Å²) in [5.74, 6) is 0. The van der Waals surface area contributed by atoms with Crippen LogP contribution in [0.4, 0.5) is 4.39 Å². The first-order valence-electron chi connectivity index (χ1n) is 4.60. The Morgan fingerprint density at radius 3 is 2.64 bits per heavy atom. The molecule has 1 rings (SSSR count). The predicted molar refractivity (Wildman–Crippen MR) is 45.4 cm³/mol. The normalized spacial score (nSPS) is 20.2. The number of hydrogen-bond donors (Lipinski definition) is 1. The van der Waals surface area contributed by atoms with Crippen molar-refractivity contribution in [2.24, 2.45) is 5.41 Å². The van der Waals surface area contributed by atoms with E-state index in [1.54, 1.807) is 0 Å². The number of nitrogens with one attached hydrogen (secondary N) is 1. The summed E-state index contributed by atoms with van der Waals surface area (Å²) in [6, 6.07) is 0. The fourth-order valence-electron chi connectivity index (χ4n) is 1.38. The van der Waals surface area contributed by atoms with E-state index in [9.17, 15) is 4.39 Å². The Hall–Kier alpha value is -0.110. The van der Waals surface area contributed by atoms with Crippen molar-refractivity contribution >= 4 is 0 Å². The molecule has 1 nitrogen and oxygen atoms in total. The third-order valence-electron chi connectivity index (χ3n) is 2.69. The Labute approximate surface area is 68.4 Å². The summed E-state index contributed by atoms with van der Waals surface area (Å²) in [7, 11) is 0. The van der Waals surface area contributed by atoms with Crippen LogP contribution in [-0.4, -0.2) is 19.8 Å². The van der Waals surface area contributed by atoms with Crippen LogP contribution in [0.15, 0.2) is 0 Å². The number of alkyl halides is 1. The van der Waals surface area contributed by atoms with E-state index >= 15 is 0 Å². The minimum atomic E-state index is -0.188. The molecule has 0 radical (unpaired) electrons. The molecule has 0 aromatic carbocycles. The fraction of sp³-hybridized carbons (Fsp3) is 1.00. The van der Waals surface area contributed by atoms with E-state index in [-0.39, 0.29) is 6.67 Å². The average molecular weight is 159 g/mol. The third-order valence-corrected chi connectivity index (χ3v) is 2.69. The highest BCUT2D eigenvalue weighted by molar-refractivity contribution is 4.93. The second-order valence-electron chi connectivity index (χ2n) is 3.57. The van der Waals surface area contributed by atoms with Gasteiger partial charge < -0.3 is 5.32 Å². The summed E-state index contributed by atoms with van der Waals surface area (Å²) in [6.07, 6.45) is 4.67. The largest absolute Gasteiger partial charge is 0.316 e.